The lowest BCUT2D eigenvalue weighted by molar-refractivity contribution is -0.122. The van der Waals surface area contributed by atoms with Gasteiger partial charge in [-0.25, -0.2) is 0 Å². The molecule has 1 saturated carbocycles. The number of aryl methyl sites for hydroxylation is 1. The maximum Gasteiger partial charge on any atom is 0.136 e. The summed E-state index contributed by atoms with van der Waals surface area (Å²) in [5.41, 5.74) is 1.05. The van der Waals surface area contributed by atoms with Gasteiger partial charge in [-0.05, 0) is 18.9 Å². The van der Waals surface area contributed by atoms with Crippen molar-refractivity contribution in [2.45, 2.75) is 38.5 Å². The van der Waals surface area contributed by atoms with Crippen molar-refractivity contribution >= 4 is 5.78 Å². The van der Waals surface area contributed by atoms with E-state index in [-0.39, 0.29) is 5.92 Å². The number of ketones is 1. The maximum absolute atomic E-state index is 11.8. The largest absolute Gasteiger partial charge is 0.299 e. The monoisotopic (exact) mass is 206 g/mol. The fourth-order valence-electron chi connectivity index (χ4n) is 2.27. The van der Waals surface area contributed by atoms with E-state index >= 15 is 0 Å². The summed E-state index contributed by atoms with van der Waals surface area (Å²) in [7, 11) is 1.92. The second-order valence-electron chi connectivity index (χ2n) is 4.45. The van der Waals surface area contributed by atoms with Crippen LogP contribution < -0.4 is 0 Å². The first-order valence-corrected chi connectivity index (χ1v) is 5.77. The van der Waals surface area contributed by atoms with Crippen LogP contribution in [0, 0.1) is 5.92 Å². The molecule has 2 rings (SSSR count). The highest BCUT2D eigenvalue weighted by Crippen LogP contribution is 2.22. The fourth-order valence-corrected chi connectivity index (χ4v) is 2.27. The van der Waals surface area contributed by atoms with Crippen LogP contribution in [0.1, 0.15) is 37.8 Å². The van der Waals surface area contributed by atoms with Gasteiger partial charge in [-0.2, -0.15) is 5.10 Å². The van der Waals surface area contributed by atoms with E-state index in [2.05, 4.69) is 5.10 Å². The summed E-state index contributed by atoms with van der Waals surface area (Å²) in [6, 6.07) is 2.01. The van der Waals surface area contributed by atoms with E-state index in [1.165, 1.54) is 12.8 Å². The molecule has 0 aromatic carbocycles. The predicted octanol–water partition coefficient (Wildman–Crippen LogP) is 2.11. The number of nitrogens with zero attached hydrogens (tertiary/aromatic N) is 2. The number of hydrogen-bond acceptors (Lipinski definition) is 2. The molecule has 0 radical (unpaired) electrons. The molecule has 1 heterocycles. The van der Waals surface area contributed by atoms with Crippen molar-refractivity contribution in [2.75, 3.05) is 0 Å². The van der Waals surface area contributed by atoms with Gasteiger partial charge in [-0.3, -0.25) is 9.48 Å². The van der Waals surface area contributed by atoms with Gasteiger partial charge in [0.25, 0.3) is 0 Å². The van der Waals surface area contributed by atoms with E-state index in [1.54, 1.807) is 4.68 Å². The minimum Gasteiger partial charge on any atom is -0.299 e. The molecule has 1 aliphatic carbocycles. The lowest BCUT2D eigenvalue weighted by atomic mass is 9.94. The van der Waals surface area contributed by atoms with Crippen LogP contribution >= 0.6 is 0 Å². The quantitative estimate of drug-likeness (QED) is 0.695. The Labute approximate surface area is 90.5 Å². The second-order valence-corrected chi connectivity index (χ2v) is 4.45. The minimum atomic E-state index is 0.224. The highest BCUT2D eigenvalue weighted by molar-refractivity contribution is 5.81. The topological polar surface area (TPSA) is 34.9 Å². The smallest absolute Gasteiger partial charge is 0.136 e. The Morgan fingerprint density at radius 1 is 1.47 bits per heavy atom. The molecule has 3 heteroatoms. The summed E-state index contributed by atoms with van der Waals surface area (Å²) < 4.78 is 1.80. The zero-order chi connectivity index (χ0) is 10.7. The molecule has 15 heavy (non-hydrogen) atoms. The van der Waals surface area contributed by atoms with E-state index in [0.717, 1.165) is 31.4 Å². The third kappa shape index (κ3) is 2.67. The summed E-state index contributed by atoms with van der Waals surface area (Å²) in [5, 5.41) is 4.33. The van der Waals surface area contributed by atoms with E-state index < -0.39 is 0 Å². The molecule has 1 aromatic rings. The lowest BCUT2D eigenvalue weighted by Crippen LogP contribution is -2.15. The molecular formula is C12H18N2O. The van der Waals surface area contributed by atoms with Crippen LogP contribution in [-0.2, 0) is 18.3 Å². The van der Waals surface area contributed by atoms with Gasteiger partial charge in [-0.15, -0.1) is 0 Å². The zero-order valence-corrected chi connectivity index (χ0v) is 9.28. The van der Waals surface area contributed by atoms with Crippen LogP contribution in [0.3, 0.4) is 0 Å². The molecule has 0 bridgehead atoms. The van der Waals surface area contributed by atoms with E-state index in [4.69, 9.17) is 0 Å². The average molecular weight is 206 g/mol. The Balaban J connectivity index is 2.00. The third-order valence-electron chi connectivity index (χ3n) is 3.16. The summed E-state index contributed by atoms with van der Waals surface area (Å²) >= 11 is 0. The number of carbonyl (C=O) groups is 1. The van der Waals surface area contributed by atoms with Gasteiger partial charge in [-0.1, -0.05) is 12.8 Å². The predicted molar refractivity (Wildman–Crippen MR) is 58.5 cm³/mol. The van der Waals surface area contributed by atoms with Gasteiger partial charge in [0.15, 0.2) is 0 Å². The van der Waals surface area contributed by atoms with Crippen LogP contribution in [-0.4, -0.2) is 15.6 Å². The molecule has 3 nitrogen and oxygen atoms in total. The van der Waals surface area contributed by atoms with Crippen molar-refractivity contribution in [1.29, 1.82) is 0 Å². The second kappa shape index (κ2) is 4.60. The normalized spacial score (nSPS) is 22.7. The molecule has 0 spiro atoms. The minimum absolute atomic E-state index is 0.224. The Bertz CT molecular complexity index is 343. The number of Topliss-reactive ketones (excluding diaryl/α,β-unsaturated/α-hetero) is 1. The summed E-state index contributed by atoms with van der Waals surface area (Å²) in [6.45, 7) is 0. The van der Waals surface area contributed by atoms with Crippen LogP contribution in [0.15, 0.2) is 12.3 Å². The first-order valence-electron chi connectivity index (χ1n) is 5.77. The highest BCUT2D eigenvalue weighted by atomic mass is 16.1. The molecule has 82 valence electrons. The Morgan fingerprint density at radius 2 is 2.33 bits per heavy atom. The highest BCUT2D eigenvalue weighted by Gasteiger charge is 2.21. The first kappa shape index (κ1) is 10.4. The Kier molecular flexibility index (Phi) is 3.19. The van der Waals surface area contributed by atoms with Gasteiger partial charge >= 0.3 is 0 Å². The van der Waals surface area contributed by atoms with Crippen molar-refractivity contribution in [2.24, 2.45) is 13.0 Å². The van der Waals surface area contributed by atoms with Crippen molar-refractivity contribution in [3.05, 3.63) is 18.0 Å². The van der Waals surface area contributed by atoms with Gasteiger partial charge in [0, 0.05) is 32.0 Å². The van der Waals surface area contributed by atoms with Crippen molar-refractivity contribution in [3.63, 3.8) is 0 Å². The molecule has 0 N–H and O–H groups in total. The summed E-state index contributed by atoms with van der Waals surface area (Å²) in [4.78, 5) is 11.8. The summed E-state index contributed by atoms with van der Waals surface area (Å²) in [6.07, 6.45) is 8.09. The molecule has 1 fully saturated rings. The Hall–Kier alpha value is -1.12. The van der Waals surface area contributed by atoms with Crippen LogP contribution in [0.5, 0.6) is 0 Å². The van der Waals surface area contributed by atoms with E-state index in [0.29, 0.717) is 5.78 Å². The fraction of sp³-hybridized carbons (Fsp3) is 0.667. The maximum atomic E-state index is 11.8. The average Bonchev–Trinajstić information content (AvgIpc) is 2.50. The van der Waals surface area contributed by atoms with E-state index in [1.807, 2.05) is 19.3 Å². The SMILES string of the molecule is Cn1ccc(CC2CCCCCC2=O)n1. The molecule has 1 aliphatic rings. The molecule has 0 amide bonds. The van der Waals surface area contributed by atoms with Crippen molar-refractivity contribution in [3.8, 4) is 0 Å². The van der Waals surface area contributed by atoms with Crippen molar-refractivity contribution in [1.82, 2.24) is 9.78 Å². The van der Waals surface area contributed by atoms with Gasteiger partial charge < -0.3 is 0 Å². The standard InChI is InChI=1S/C12H18N2O/c1-14-8-7-11(13-14)9-10-5-3-2-4-6-12(10)15/h7-8,10H,2-6,9H2,1H3. The molecule has 0 saturated heterocycles. The van der Waals surface area contributed by atoms with Gasteiger partial charge in [0.05, 0.1) is 5.69 Å². The molecular weight excluding hydrogens is 188 g/mol. The first-order chi connectivity index (χ1) is 7.25. The van der Waals surface area contributed by atoms with Crippen LogP contribution in [0.4, 0.5) is 0 Å². The van der Waals surface area contributed by atoms with Crippen LogP contribution in [0.25, 0.3) is 0 Å². The lowest BCUT2D eigenvalue weighted by Gasteiger charge is -2.10. The zero-order valence-electron chi connectivity index (χ0n) is 9.28. The van der Waals surface area contributed by atoms with Gasteiger partial charge in [0.1, 0.15) is 5.78 Å². The number of rotatable bonds is 2. The third-order valence-corrected chi connectivity index (χ3v) is 3.16. The number of aromatic nitrogens is 2. The van der Waals surface area contributed by atoms with Crippen molar-refractivity contribution < 1.29 is 4.79 Å². The summed E-state index contributed by atoms with van der Waals surface area (Å²) in [5.74, 6) is 0.667. The Morgan fingerprint density at radius 3 is 3.07 bits per heavy atom. The molecule has 0 aliphatic heterocycles. The van der Waals surface area contributed by atoms with E-state index in [9.17, 15) is 4.79 Å². The molecule has 1 atom stereocenters. The number of hydrogen-bond donors (Lipinski definition) is 0. The molecule has 1 unspecified atom stereocenters. The van der Waals surface area contributed by atoms with Gasteiger partial charge in [0.2, 0.25) is 0 Å². The molecule has 1 aromatic heterocycles. The van der Waals surface area contributed by atoms with Crippen LogP contribution in [0.2, 0.25) is 0 Å². The number of carbonyl (C=O) groups excluding carboxylic acids is 1.